The normalized spacial score (nSPS) is 26.3. The predicted molar refractivity (Wildman–Crippen MR) is 83.0 cm³/mol. The molecule has 2 nitrogen and oxygen atoms in total. The van der Waals surface area contributed by atoms with E-state index in [0.717, 1.165) is 24.6 Å². The highest BCUT2D eigenvalue weighted by Crippen LogP contribution is 2.34. The molecular formula is C15H18BrClFNO. The Bertz CT molecular complexity index is 511. The molecular weight excluding hydrogens is 345 g/mol. The monoisotopic (exact) mass is 361 g/mol. The third-order valence-corrected chi connectivity index (χ3v) is 5.29. The van der Waals surface area contributed by atoms with Crippen LogP contribution in [0.2, 0.25) is 5.02 Å². The lowest BCUT2D eigenvalue weighted by molar-refractivity contribution is 0.0869. The van der Waals surface area contributed by atoms with Crippen molar-refractivity contribution in [3.63, 3.8) is 0 Å². The molecule has 1 N–H and O–H groups in total. The van der Waals surface area contributed by atoms with Gasteiger partial charge in [0.05, 0.1) is 16.1 Å². The van der Waals surface area contributed by atoms with Crippen LogP contribution >= 0.6 is 27.5 Å². The molecule has 5 heteroatoms. The van der Waals surface area contributed by atoms with Gasteiger partial charge in [-0.1, -0.05) is 47.3 Å². The van der Waals surface area contributed by atoms with E-state index in [1.54, 1.807) is 0 Å². The van der Waals surface area contributed by atoms with Gasteiger partial charge in [0.2, 0.25) is 0 Å². The Morgan fingerprint density at radius 1 is 1.60 bits per heavy atom. The van der Waals surface area contributed by atoms with E-state index >= 15 is 0 Å². The van der Waals surface area contributed by atoms with Crippen molar-refractivity contribution in [3.05, 3.63) is 34.6 Å². The van der Waals surface area contributed by atoms with Crippen molar-refractivity contribution >= 4 is 33.4 Å². The van der Waals surface area contributed by atoms with Gasteiger partial charge in [0.15, 0.2) is 0 Å². The molecule has 1 aromatic rings. The summed E-state index contributed by atoms with van der Waals surface area (Å²) in [4.78, 5) is 12.4. The van der Waals surface area contributed by atoms with Gasteiger partial charge < -0.3 is 5.32 Å². The molecule has 1 fully saturated rings. The van der Waals surface area contributed by atoms with E-state index in [1.165, 1.54) is 24.6 Å². The Balaban J connectivity index is 2.16. The maximum Gasteiger partial charge on any atom is 0.253 e. The second-order valence-corrected chi connectivity index (χ2v) is 6.66. The van der Waals surface area contributed by atoms with Crippen LogP contribution in [-0.2, 0) is 0 Å². The molecule has 0 bridgehead atoms. The van der Waals surface area contributed by atoms with Gasteiger partial charge in [0, 0.05) is 5.33 Å². The zero-order valence-electron chi connectivity index (χ0n) is 11.4. The van der Waals surface area contributed by atoms with Crippen LogP contribution < -0.4 is 5.32 Å². The van der Waals surface area contributed by atoms with Crippen molar-refractivity contribution in [2.75, 3.05) is 5.33 Å². The molecule has 1 aliphatic carbocycles. The van der Waals surface area contributed by atoms with Gasteiger partial charge in [-0.3, -0.25) is 4.79 Å². The average molecular weight is 363 g/mol. The smallest absolute Gasteiger partial charge is 0.253 e. The van der Waals surface area contributed by atoms with E-state index in [4.69, 9.17) is 11.6 Å². The Morgan fingerprint density at radius 2 is 2.35 bits per heavy atom. The highest BCUT2D eigenvalue weighted by molar-refractivity contribution is 9.09. The van der Waals surface area contributed by atoms with Crippen LogP contribution in [0, 0.1) is 11.7 Å². The maximum absolute atomic E-state index is 13.0. The van der Waals surface area contributed by atoms with Gasteiger partial charge >= 0.3 is 0 Å². The molecule has 0 aliphatic heterocycles. The molecule has 0 saturated heterocycles. The summed E-state index contributed by atoms with van der Waals surface area (Å²) in [5.41, 5.74) is 0.0959. The van der Waals surface area contributed by atoms with Gasteiger partial charge in [-0.15, -0.1) is 0 Å². The summed E-state index contributed by atoms with van der Waals surface area (Å²) in [5, 5.41) is 3.96. The van der Waals surface area contributed by atoms with E-state index in [0.29, 0.717) is 11.5 Å². The Labute approximate surface area is 132 Å². The molecule has 1 amide bonds. The minimum atomic E-state index is -0.437. The summed E-state index contributed by atoms with van der Waals surface area (Å²) < 4.78 is 13.0. The second-order valence-electron chi connectivity index (χ2n) is 5.69. The summed E-state index contributed by atoms with van der Waals surface area (Å²) in [5.74, 6) is -0.0816. The number of amides is 1. The quantitative estimate of drug-likeness (QED) is 0.785. The lowest BCUT2D eigenvalue weighted by Crippen LogP contribution is -2.52. The molecule has 0 spiro atoms. The van der Waals surface area contributed by atoms with E-state index in [1.807, 2.05) is 0 Å². The fraction of sp³-hybridized carbons (Fsp3) is 0.533. The maximum atomic E-state index is 13.0. The second kappa shape index (κ2) is 6.44. The molecule has 0 heterocycles. The van der Waals surface area contributed by atoms with E-state index in [9.17, 15) is 9.18 Å². The fourth-order valence-electron chi connectivity index (χ4n) is 2.91. The number of benzene rings is 1. The summed E-state index contributed by atoms with van der Waals surface area (Å²) in [7, 11) is 0. The van der Waals surface area contributed by atoms with Gasteiger partial charge in [-0.05, 0) is 37.0 Å². The first-order valence-electron chi connectivity index (χ1n) is 6.79. The molecule has 0 aromatic heterocycles. The summed E-state index contributed by atoms with van der Waals surface area (Å²) in [6, 6.07) is 3.85. The third-order valence-electron chi connectivity index (χ3n) is 3.90. The third kappa shape index (κ3) is 3.53. The minimum Gasteiger partial charge on any atom is -0.346 e. The van der Waals surface area contributed by atoms with Crippen LogP contribution in [0.25, 0.3) is 0 Å². The van der Waals surface area contributed by atoms with Crippen LogP contribution in [0.1, 0.15) is 43.0 Å². The summed E-state index contributed by atoms with van der Waals surface area (Å²) >= 11 is 9.47. The zero-order valence-corrected chi connectivity index (χ0v) is 13.7. The van der Waals surface area contributed by atoms with E-state index in [2.05, 4.69) is 28.2 Å². The van der Waals surface area contributed by atoms with Crippen LogP contribution in [0.3, 0.4) is 0 Å². The first-order valence-corrected chi connectivity index (χ1v) is 8.29. The predicted octanol–water partition coefficient (Wildman–Crippen LogP) is 4.55. The Kier molecular flexibility index (Phi) is 5.08. The van der Waals surface area contributed by atoms with Crippen molar-refractivity contribution in [2.45, 2.75) is 38.1 Å². The lowest BCUT2D eigenvalue weighted by Gasteiger charge is -2.39. The topological polar surface area (TPSA) is 29.1 Å². The molecule has 2 unspecified atom stereocenters. The molecule has 1 aromatic carbocycles. The average Bonchev–Trinajstić information content (AvgIpc) is 2.38. The number of alkyl halides is 1. The molecule has 1 saturated carbocycles. The highest BCUT2D eigenvalue weighted by atomic mass is 79.9. The van der Waals surface area contributed by atoms with Gasteiger partial charge in [-0.25, -0.2) is 4.39 Å². The van der Waals surface area contributed by atoms with Gasteiger partial charge in [0.25, 0.3) is 5.91 Å². The number of halogens is 3. The number of carbonyl (C=O) groups is 1. The van der Waals surface area contributed by atoms with Crippen LogP contribution in [0.15, 0.2) is 18.2 Å². The van der Waals surface area contributed by atoms with Crippen molar-refractivity contribution in [1.29, 1.82) is 0 Å². The van der Waals surface area contributed by atoms with E-state index in [-0.39, 0.29) is 16.5 Å². The molecule has 20 heavy (non-hydrogen) atoms. The standard InChI is InChI=1S/C15H18BrClFNO/c1-10-3-2-6-15(8-10,9-16)19-14(20)12-5-4-11(18)7-13(12)17/h4-5,7,10H,2-3,6,8-9H2,1H3,(H,19,20). The number of hydrogen-bond donors (Lipinski definition) is 1. The van der Waals surface area contributed by atoms with Crippen LogP contribution in [0.4, 0.5) is 4.39 Å². The molecule has 1 aliphatic rings. The summed E-state index contributed by atoms with van der Waals surface area (Å²) in [6.07, 6.45) is 4.20. The van der Waals surface area contributed by atoms with Crippen LogP contribution in [0.5, 0.6) is 0 Å². The zero-order chi connectivity index (χ0) is 14.8. The molecule has 110 valence electrons. The van der Waals surface area contributed by atoms with E-state index < -0.39 is 5.82 Å². The minimum absolute atomic E-state index is 0.149. The van der Waals surface area contributed by atoms with Crippen LogP contribution in [-0.4, -0.2) is 16.8 Å². The number of hydrogen-bond acceptors (Lipinski definition) is 1. The Hall–Kier alpha value is -0.610. The highest BCUT2D eigenvalue weighted by Gasteiger charge is 2.35. The van der Waals surface area contributed by atoms with Crippen molar-refractivity contribution < 1.29 is 9.18 Å². The van der Waals surface area contributed by atoms with Gasteiger partial charge in [-0.2, -0.15) is 0 Å². The number of carbonyl (C=O) groups excluding carboxylic acids is 1. The SMILES string of the molecule is CC1CCCC(CBr)(NC(=O)c2ccc(F)cc2Cl)C1. The first-order chi connectivity index (χ1) is 9.46. The summed E-state index contributed by atoms with van der Waals surface area (Å²) in [6.45, 7) is 2.20. The largest absolute Gasteiger partial charge is 0.346 e. The lowest BCUT2D eigenvalue weighted by atomic mass is 9.77. The van der Waals surface area contributed by atoms with Crippen molar-refractivity contribution in [1.82, 2.24) is 5.32 Å². The molecule has 2 rings (SSSR count). The fourth-order valence-corrected chi connectivity index (χ4v) is 3.81. The first kappa shape index (κ1) is 15.8. The van der Waals surface area contributed by atoms with Gasteiger partial charge in [0.1, 0.15) is 5.82 Å². The molecule has 2 atom stereocenters. The number of nitrogens with one attached hydrogen (secondary N) is 1. The Morgan fingerprint density at radius 3 is 2.95 bits per heavy atom. The molecule has 0 radical (unpaired) electrons. The van der Waals surface area contributed by atoms with Crippen molar-refractivity contribution in [2.24, 2.45) is 5.92 Å². The number of rotatable bonds is 3. The van der Waals surface area contributed by atoms with Crippen molar-refractivity contribution in [3.8, 4) is 0 Å².